The molecule has 6 heteroatoms. The molecule has 0 fully saturated rings. The Kier molecular flexibility index (Phi) is 4.11. The molecular formula is C13H18N4O2. The van der Waals surface area contributed by atoms with Gasteiger partial charge < -0.3 is 11.5 Å². The number of hydrogen-bond acceptors (Lipinski definition) is 4. The van der Waals surface area contributed by atoms with E-state index in [4.69, 9.17) is 11.5 Å². The molecule has 2 rings (SSSR count). The van der Waals surface area contributed by atoms with Crippen LogP contribution < -0.4 is 16.8 Å². The molecule has 19 heavy (non-hydrogen) atoms. The minimum absolute atomic E-state index is 0.0539. The molecule has 0 spiro atoms. The first-order valence-corrected chi connectivity index (χ1v) is 6.35. The van der Waals surface area contributed by atoms with Gasteiger partial charge in [-0.2, -0.15) is 0 Å². The molecule has 0 saturated carbocycles. The Labute approximate surface area is 111 Å². The Morgan fingerprint density at radius 3 is 2.95 bits per heavy atom. The molecule has 0 bridgehead atoms. The minimum atomic E-state index is -0.740. The van der Waals surface area contributed by atoms with E-state index < -0.39 is 17.9 Å². The van der Waals surface area contributed by atoms with Gasteiger partial charge in [-0.05, 0) is 30.9 Å². The second-order valence-corrected chi connectivity index (χ2v) is 4.78. The number of carbonyl (C=O) groups excluding carboxylic acids is 2. The van der Waals surface area contributed by atoms with Gasteiger partial charge in [-0.15, -0.1) is 0 Å². The standard InChI is InChI=1S/C13H18N4O2/c14-11(18)7-10(13(15)19)17-9-5-1-3-8-4-2-6-16-12(8)9/h2,4,6,9-10,17H,1,3,5,7H2,(H2,14,18)(H2,15,19)/t9?,10-/m0/s1. The number of aromatic nitrogens is 1. The molecule has 0 aromatic carbocycles. The zero-order valence-electron chi connectivity index (χ0n) is 10.6. The zero-order chi connectivity index (χ0) is 13.8. The Bertz CT molecular complexity index is 489. The lowest BCUT2D eigenvalue weighted by Gasteiger charge is -2.28. The summed E-state index contributed by atoms with van der Waals surface area (Å²) < 4.78 is 0. The first-order chi connectivity index (χ1) is 9.08. The molecule has 1 aromatic rings. The lowest BCUT2D eigenvalue weighted by atomic mass is 9.91. The van der Waals surface area contributed by atoms with E-state index in [1.807, 2.05) is 12.1 Å². The molecule has 2 amide bonds. The van der Waals surface area contributed by atoms with Crippen molar-refractivity contribution in [3.8, 4) is 0 Å². The number of nitrogens with two attached hydrogens (primary N) is 2. The van der Waals surface area contributed by atoms with Crippen LogP contribution in [0.2, 0.25) is 0 Å². The maximum absolute atomic E-state index is 11.4. The molecule has 0 saturated heterocycles. The van der Waals surface area contributed by atoms with E-state index >= 15 is 0 Å². The fraction of sp³-hybridized carbons (Fsp3) is 0.462. The van der Waals surface area contributed by atoms with Crippen LogP contribution in [0.15, 0.2) is 18.3 Å². The van der Waals surface area contributed by atoms with Crippen LogP contribution in [-0.4, -0.2) is 22.8 Å². The number of carbonyl (C=O) groups is 2. The third kappa shape index (κ3) is 3.29. The summed E-state index contributed by atoms with van der Waals surface area (Å²) in [6.07, 6.45) is 4.50. The van der Waals surface area contributed by atoms with Crippen molar-refractivity contribution in [2.24, 2.45) is 11.5 Å². The van der Waals surface area contributed by atoms with E-state index in [2.05, 4.69) is 10.3 Å². The molecule has 5 N–H and O–H groups in total. The summed E-state index contributed by atoms with van der Waals surface area (Å²) in [6, 6.07) is 3.14. The molecule has 1 aliphatic carbocycles. The molecule has 1 unspecified atom stereocenters. The number of pyridine rings is 1. The van der Waals surface area contributed by atoms with Gasteiger partial charge in [0.25, 0.3) is 0 Å². The van der Waals surface area contributed by atoms with Crippen molar-refractivity contribution >= 4 is 11.8 Å². The maximum Gasteiger partial charge on any atom is 0.235 e. The molecule has 0 aliphatic heterocycles. The lowest BCUT2D eigenvalue weighted by molar-refractivity contribution is -0.125. The third-order valence-corrected chi connectivity index (χ3v) is 3.35. The second-order valence-electron chi connectivity index (χ2n) is 4.78. The van der Waals surface area contributed by atoms with Gasteiger partial charge in [0.15, 0.2) is 0 Å². The van der Waals surface area contributed by atoms with Crippen LogP contribution in [0.5, 0.6) is 0 Å². The van der Waals surface area contributed by atoms with Crippen molar-refractivity contribution in [1.29, 1.82) is 0 Å². The number of amides is 2. The maximum atomic E-state index is 11.4. The van der Waals surface area contributed by atoms with Crippen molar-refractivity contribution in [3.63, 3.8) is 0 Å². The van der Waals surface area contributed by atoms with E-state index in [0.717, 1.165) is 25.0 Å². The third-order valence-electron chi connectivity index (χ3n) is 3.35. The predicted molar refractivity (Wildman–Crippen MR) is 69.8 cm³/mol. The van der Waals surface area contributed by atoms with Crippen LogP contribution >= 0.6 is 0 Å². The number of fused-ring (bicyclic) bond motifs is 1. The van der Waals surface area contributed by atoms with E-state index in [9.17, 15) is 9.59 Å². The van der Waals surface area contributed by atoms with Gasteiger partial charge in [0, 0.05) is 6.20 Å². The number of hydrogen-bond donors (Lipinski definition) is 3. The van der Waals surface area contributed by atoms with Gasteiger partial charge in [0.1, 0.15) is 0 Å². The minimum Gasteiger partial charge on any atom is -0.370 e. The second kappa shape index (κ2) is 5.79. The van der Waals surface area contributed by atoms with Crippen LogP contribution in [0.25, 0.3) is 0 Å². The Hall–Kier alpha value is -1.95. The van der Waals surface area contributed by atoms with Crippen molar-refractivity contribution in [3.05, 3.63) is 29.6 Å². The normalized spacial score (nSPS) is 19.5. The summed E-state index contributed by atoms with van der Waals surface area (Å²) in [7, 11) is 0. The number of rotatable bonds is 5. The summed E-state index contributed by atoms with van der Waals surface area (Å²) in [5.41, 5.74) is 12.5. The molecule has 1 heterocycles. The summed E-state index contributed by atoms with van der Waals surface area (Å²) in [4.78, 5) is 26.7. The van der Waals surface area contributed by atoms with Crippen LogP contribution in [0.1, 0.15) is 36.6 Å². The molecule has 1 aromatic heterocycles. The molecule has 102 valence electrons. The van der Waals surface area contributed by atoms with Gasteiger partial charge in [-0.25, -0.2) is 0 Å². The number of nitrogens with zero attached hydrogens (tertiary/aromatic N) is 1. The van der Waals surface area contributed by atoms with Gasteiger partial charge in [-0.3, -0.25) is 19.9 Å². The Morgan fingerprint density at radius 1 is 1.47 bits per heavy atom. The van der Waals surface area contributed by atoms with E-state index in [0.29, 0.717) is 0 Å². The van der Waals surface area contributed by atoms with Gasteiger partial charge in [-0.1, -0.05) is 6.07 Å². The van der Waals surface area contributed by atoms with Gasteiger partial charge >= 0.3 is 0 Å². The van der Waals surface area contributed by atoms with Crippen LogP contribution in [0.4, 0.5) is 0 Å². The van der Waals surface area contributed by atoms with Crippen molar-refractivity contribution in [1.82, 2.24) is 10.3 Å². The van der Waals surface area contributed by atoms with E-state index in [1.54, 1.807) is 6.20 Å². The van der Waals surface area contributed by atoms with Gasteiger partial charge in [0.05, 0.1) is 24.2 Å². The SMILES string of the molecule is NC(=O)C[C@H](NC1CCCc2cccnc21)C(N)=O. The zero-order valence-corrected chi connectivity index (χ0v) is 10.6. The first kappa shape index (κ1) is 13.5. The number of aryl methyl sites for hydroxylation is 1. The highest BCUT2D eigenvalue weighted by atomic mass is 16.2. The first-order valence-electron chi connectivity index (χ1n) is 6.35. The summed E-state index contributed by atoms with van der Waals surface area (Å²) in [5, 5.41) is 3.11. The quantitative estimate of drug-likeness (QED) is 0.681. The monoisotopic (exact) mass is 262 g/mol. The predicted octanol–water partition coefficient (Wildman–Crippen LogP) is -0.222. The molecule has 6 nitrogen and oxygen atoms in total. The Balaban J connectivity index is 2.14. The summed E-state index contributed by atoms with van der Waals surface area (Å²) in [6.45, 7) is 0. The smallest absolute Gasteiger partial charge is 0.235 e. The van der Waals surface area contributed by atoms with E-state index in [-0.39, 0.29) is 12.5 Å². The fourth-order valence-electron chi connectivity index (χ4n) is 2.46. The number of primary amides is 2. The lowest BCUT2D eigenvalue weighted by Crippen LogP contribution is -2.46. The van der Waals surface area contributed by atoms with Crippen molar-refractivity contribution in [2.75, 3.05) is 0 Å². The van der Waals surface area contributed by atoms with Crippen molar-refractivity contribution in [2.45, 2.75) is 37.8 Å². The van der Waals surface area contributed by atoms with E-state index in [1.165, 1.54) is 5.56 Å². The highest BCUT2D eigenvalue weighted by Crippen LogP contribution is 2.28. The highest BCUT2D eigenvalue weighted by Gasteiger charge is 2.26. The van der Waals surface area contributed by atoms with Crippen molar-refractivity contribution < 1.29 is 9.59 Å². The average molecular weight is 262 g/mol. The van der Waals surface area contributed by atoms with Crippen LogP contribution in [0.3, 0.4) is 0 Å². The van der Waals surface area contributed by atoms with Crippen LogP contribution in [0, 0.1) is 0 Å². The molecular weight excluding hydrogens is 244 g/mol. The number of nitrogens with one attached hydrogen (secondary N) is 1. The topological polar surface area (TPSA) is 111 Å². The molecule has 1 aliphatic rings. The summed E-state index contributed by atoms with van der Waals surface area (Å²) >= 11 is 0. The molecule has 0 radical (unpaired) electrons. The van der Waals surface area contributed by atoms with Crippen LogP contribution in [-0.2, 0) is 16.0 Å². The molecule has 2 atom stereocenters. The average Bonchev–Trinajstić information content (AvgIpc) is 2.37. The largest absolute Gasteiger partial charge is 0.370 e. The Morgan fingerprint density at radius 2 is 2.26 bits per heavy atom. The van der Waals surface area contributed by atoms with Gasteiger partial charge in [0.2, 0.25) is 11.8 Å². The summed E-state index contributed by atoms with van der Waals surface area (Å²) in [5.74, 6) is -1.12. The highest BCUT2D eigenvalue weighted by molar-refractivity contribution is 5.86. The fourth-order valence-corrected chi connectivity index (χ4v) is 2.46.